The summed E-state index contributed by atoms with van der Waals surface area (Å²) in [7, 11) is 0. The summed E-state index contributed by atoms with van der Waals surface area (Å²) in [6.07, 6.45) is 0. The van der Waals surface area contributed by atoms with Gasteiger partial charge in [0.1, 0.15) is 5.69 Å². The lowest BCUT2D eigenvalue weighted by atomic mass is 10.1. The van der Waals surface area contributed by atoms with Crippen molar-refractivity contribution in [3.05, 3.63) is 67.7 Å². The van der Waals surface area contributed by atoms with Gasteiger partial charge in [-0.3, -0.25) is 10.1 Å². The van der Waals surface area contributed by atoms with Gasteiger partial charge in [-0.05, 0) is 37.1 Å². The number of hydrogen-bond donors (Lipinski definition) is 1. The summed E-state index contributed by atoms with van der Waals surface area (Å²) in [6.45, 7) is 3.69. The SMILES string of the molecule is Cc1ccc(NC(C)c2cccc(Cl)c2Cl)c([N+](=O)[O-])c1. The van der Waals surface area contributed by atoms with E-state index in [4.69, 9.17) is 23.2 Å². The topological polar surface area (TPSA) is 55.2 Å². The molecule has 6 heteroatoms. The van der Waals surface area contributed by atoms with Crippen LogP contribution in [0, 0.1) is 17.0 Å². The molecule has 4 nitrogen and oxygen atoms in total. The maximum absolute atomic E-state index is 11.1. The van der Waals surface area contributed by atoms with E-state index < -0.39 is 4.92 Å². The highest BCUT2D eigenvalue weighted by atomic mass is 35.5. The third-order valence-electron chi connectivity index (χ3n) is 3.17. The number of anilines is 1. The summed E-state index contributed by atoms with van der Waals surface area (Å²) in [4.78, 5) is 10.7. The number of aryl methyl sites for hydroxylation is 1. The fourth-order valence-corrected chi connectivity index (χ4v) is 2.55. The first-order valence-electron chi connectivity index (χ1n) is 6.35. The van der Waals surface area contributed by atoms with Gasteiger partial charge in [0.2, 0.25) is 0 Å². The van der Waals surface area contributed by atoms with Crippen molar-refractivity contribution in [1.29, 1.82) is 0 Å². The summed E-state index contributed by atoms with van der Waals surface area (Å²) < 4.78 is 0. The van der Waals surface area contributed by atoms with Gasteiger partial charge in [0.05, 0.1) is 21.0 Å². The number of nitro groups is 1. The molecule has 0 aliphatic carbocycles. The smallest absolute Gasteiger partial charge is 0.292 e. The molecule has 2 rings (SSSR count). The molecule has 110 valence electrons. The molecule has 0 amide bonds. The summed E-state index contributed by atoms with van der Waals surface area (Å²) in [6, 6.07) is 10.2. The Balaban J connectivity index is 2.34. The zero-order valence-electron chi connectivity index (χ0n) is 11.6. The van der Waals surface area contributed by atoms with Crippen LogP contribution >= 0.6 is 23.2 Å². The molecule has 1 atom stereocenters. The van der Waals surface area contributed by atoms with Crippen LogP contribution in [0.4, 0.5) is 11.4 Å². The van der Waals surface area contributed by atoms with E-state index in [1.165, 1.54) is 6.07 Å². The minimum Gasteiger partial charge on any atom is -0.373 e. The largest absolute Gasteiger partial charge is 0.373 e. The lowest BCUT2D eigenvalue weighted by Gasteiger charge is -2.17. The van der Waals surface area contributed by atoms with Crippen LogP contribution in [-0.2, 0) is 0 Å². The molecule has 0 aromatic heterocycles. The molecule has 0 spiro atoms. The van der Waals surface area contributed by atoms with Crippen LogP contribution in [0.15, 0.2) is 36.4 Å². The van der Waals surface area contributed by atoms with E-state index in [1.54, 1.807) is 18.2 Å². The second-order valence-corrected chi connectivity index (χ2v) is 5.57. The van der Waals surface area contributed by atoms with Crippen LogP contribution in [0.5, 0.6) is 0 Å². The molecule has 0 radical (unpaired) electrons. The van der Waals surface area contributed by atoms with Gasteiger partial charge >= 0.3 is 0 Å². The van der Waals surface area contributed by atoms with Crippen LogP contribution in [0.1, 0.15) is 24.1 Å². The van der Waals surface area contributed by atoms with Crippen molar-refractivity contribution in [2.45, 2.75) is 19.9 Å². The summed E-state index contributed by atoms with van der Waals surface area (Å²) in [5.41, 5.74) is 2.12. The highest BCUT2D eigenvalue weighted by Gasteiger charge is 2.18. The Morgan fingerprint density at radius 3 is 2.62 bits per heavy atom. The van der Waals surface area contributed by atoms with Crippen molar-refractivity contribution in [1.82, 2.24) is 0 Å². The molecule has 1 unspecified atom stereocenters. The molecule has 0 bridgehead atoms. The Kier molecular flexibility index (Phi) is 4.70. The third-order valence-corrected chi connectivity index (χ3v) is 4.00. The number of halogens is 2. The maximum Gasteiger partial charge on any atom is 0.292 e. The molecule has 0 aliphatic rings. The minimum absolute atomic E-state index is 0.0417. The van der Waals surface area contributed by atoms with Crippen LogP contribution in [0.25, 0.3) is 0 Å². The van der Waals surface area contributed by atoms with E-state index in [1.807, 2.05) is 26.0 Å². The first-order chi connectivity index (χ1) is 9.90. The van der Waals surface area contributed by atoms with Crippen molar-refractivity contribution in [3.63, 3.8) is 0 Å². The van der Waals surface area contributed by atoms with Crippen molar-refractivity contribution >= 4 is 34.6 Å². The molecule has 2 aromatic carbocycles. The van der Waals surface area contributed by atoms with E-state index in [-0.39, 0.29) is 11.7 Å². The Morgan fingerprint density at radius 1 is 1.24 bits per heavy atom. The van der Waals surface area contributed by atoms with E-state index in [2.05, 4.69) is 5.32 Å². The number of nitrogens with zero attached hydrogens (tertiary/aromatic N) is 1. The number of rotatable bonds is 4. The van der Waals surface area contributed by atoms with Gasteiger partial charge < -0.3 is 5.32 Å². The Hall–Kier alpha value is -1.78. The summed E-state index contributed by atoms with van der Waals surface area (Å²) >= 11 is 12.2. The van der Waals surface area contributed by atoms with Crippen LogP contribution in [0.2, 0.25) is 10.0 Å². The van der Waals surface area contributed by atoms with Crippen molar-refractivity contribution < 1.29 is 4.92 Å². The zero-order chi connectivity index (χ0) is 15.6. The Bertz CT molecular complexity index is 689. The quantitative estimate of drug-likeness (QED) is 0.606. The molecular weight excluding hydrogens is 311 g/mol. The standard InChI is InChI=1S/C15H14Cl2N2O2/c1-9-6-7-13(14(8-9)19(20)21)18-10(2)11-4-3-5-12(16)15(11)17/h3-8,10,18H,1-2H3. The van der Waals surface area contributed by atoms with E-state index >= 15 is 0 Å². The molecular formula is C15H14Cl2N2O2. The molecule has 0 aliphatic heterocycles. The second kappa shape index (κ2) is 6.33. The molecule has 21 heavy (non-hydrogen) atoms. The zero-order valence-corrected chi connectivity index (χ0v) is 13.1. The average molecular weight is 325 g/mol. The lowest BCUT2D eigenvalue weighted by molar-refractivity contribution is -0.384. The molecule has 1 N–H and O–H groups in total. The fraction of sp³-hybridized carbons (Fsp3) is 0.200. The highest BCUT2D eigenvalue weighted by Crippen LogP contribution is 2.34. The number of benzene rings is 2. The van der Waals surface area contributed by atoms with Crippen molar-refractivity contribution in [2.24, 2.45) is 0 Å². The highest BCUT2D eigenvalue weighted by molar-refractivity contribution is 6.42. The number of nitro benzene ring substituents is 1. The Morgan fingerprint density at radius 2 is 1.95 bits per heavy atom. The van der Waals surface area contributed by atoms with Crippen LogP contribution < -0.4 is 5.32 Å². The lowest BCUT2D eigenvalue weighted by Crippen LogP contribution is -2.09. The minimum atomic E-state index is -0.401. The Labute approximate surface area is 132 Å². The maximum atomic E-state index is 11.1. The molecule has 2 aromatic rings. The average Bonchev–Trinajstić information content (AvgIpc) is 2.43. The number of hydrogen-bond acceptors (Lipinski definition) is 3. The molecule has 0 heterocycles. The first kappa shape index (κ1) is 15.6. The van der Waals surface area contributed by atoms with Gasteiger partial charge in [0, 0.05) is 6.07 Å². The van der Waals surface area contributed by atoms with Gasteiger partial charge in [-0.1, -0.05) is 41.4 Å². The van der Waals surface area contributed by atoms with E-state index in [0.717, 1.165) is 11.1 Å². The molecule has 0 saturated carbocycles. The van der Waals surface area contributed by atoms with E-state index in [9.17, 15) is 10.1 Å². The van der Waals surface area contributed by atoms with Gasteiger partial charge in [0.15, 0.2) is 0 Å². The normalized spacial score (nSPS) is 12.0. The van der Waals surface area contributed by atoms with Gasteiger partial charge in [0.25, 0.3) is 5.69 Å². The van der Waals surface area contributed by atoms with Gasteiger partial charge in [-0.2, -0.15) is 0 Å². The van der Waals surface area contributed by atoms with Crippen LogP contribution in [-0.4, -0.2) is 4.92 Å². The molecule has 0 saturated heterocycles. The second-order valence-electron chi connectivity index (χ2n) is 4.79. The summed E-state index contributed by atoms with van der Waals surface area (Å²) in [5, 5.41) is 15.2. The third kappa shape index (κ3) is 3.46. The predicted octanol–water partition coefficient (Wildman–Crippen LogP) is 5.38. The fourth-order valence-electron chi connectivity index (χ4n) is 2.08. The predicted molar refractivity (Wildman–Crippen MR) is 86.3 cm³/mol. The molecule has 0 fully saturated rings. The van der Waals surface area contributed by atoms with Crippen molar-refractivity contribution in [2.75, 3.05) is 5.32 Å². The monoisotopic (exact) mass is 324 g/mol. The van der Waals surface area contributed by atoms with E-state index in [0.29, 0.717) is 15.7 Å². The summed E-state index contributed by atoms with van der Waals surface area (Å²) in [5.74, 6) is 0. The van der Waals surface area contributed by atoms with Crippen LogP contribution in [0.3, 0.4) is 0 Å². The van der Waals surface area contributed by atoms with Crippen molar-refractivity contribution in [3.8, 4) is 0 Å². The van der Waals surface area contributed by atoms with Gasteiger partial charge in [-0.15, -0.1) is 0 Å². The first-order valence-corrected chi connectivity index (χ1v) is 7.11. The van der Waals surface area contributed by atoms with Gasteiger partial charge in [-0.25, -0.2) is 0 Å². The number of nitrogens with one attached hydrogen (secondary N) is 1.